The van der Waals surface area contributed by atoms with Crippen LogP contribution < -0.4 is 5.32 Å². The number of benzene rings is 2. The first-order chi connectivity index (χ1) is 8.86. The summed E-state index contributed by atoms with van der Waals surface area (Å²) in [7, 11) is 0. The maximum Gasteiger partial charge on any atom is 0.187 e. The summed E-state index contributed by atoms with van der Waals surface area (Å²) in [5.41, 5.74) is 2.26. The highest BCUT2D eigenvalue weighted by molar-refractivity contribution is 7.13. The van der Waals surface area contributed by atoms with Crippen LogP contribution in [0, 0.1) is 0 Å². The highest BCUT2D eigenvalue weighted by Crippen LogP contribution is 2.27. The minimum Gasteiger partial charge on any atom is -0.331 e. The third kappa shape index (κ3) is 2.09. The van der Waals surface area contributed by atoms with Crippen molar-refractivity contribution in [2.75, 3.05) is 5.32 Å². The van der Waals surface area contributed by atoms with Crippen LogP contribution in [0.15, 0.2) is 47.8 Å². The summed E-state index contributed by atoms with van der Waals surface area (Å²) in [5.74, 6) is 0. The van der Waals surface area contributed by atoms with Crippen LogP contribution in [0.2, 0.25) is 0 Å². The van der Waals surface area contributed by atoms with Crippen LogP contribution in [0.1, 0.15) is 12.6 Å². The van der Waals surface area contributed by atoms with Crippen molar-refractivity contribution in [1.29, 1.82) is 0 Å². The molecule has 0 spiro atoms. The Morgan fingerprint density at radius 3 is 2.78 bits per heavy atom. The first-order valence-electron chi connectivity index (χ1n) is 6.06. The molecule has 3 rings (SSSR count). The molecular formula is C15H14N2S. The lowest BCUT2D eigenvalue weighted by molar-refractivity contribution is 1.06. The van der Waals surface area contributed by atoms with Crippen LogP contribution in [0.25, 0.3) is 10.8 Å². The SMILES string of the molecule is CCc1csc(Nc2cccc3ccccc23)n1. The van der Waals surface area contributed by atoms with Crippen molar-refractivity contribution in [3.8, 4) is 0 Å². The molecule has 1 N–H and O–H groups in total. The van der Waals surface area contributed by atoms with Crippen molar-refractivity contribution in [3.05, 3.63) is 53.5 Å². The minimum absolute atomic E-state index is 0.961. The number of aryl methyl sites for hydroxylation is 1. The fourth-order valence-electron chi connectivity index (χ4n) is 1.98. The zero-order valence-electron chi connectivity index (χ0n) is 10.2. The van der Waals surface area contributed by atoms with Crippen LogP contribution in [0.3, 0.4) is 0 Å². The Labute approximate surface area is 110 Å². The normalized spacial score (nSPS) is 10.7. The van der Waals surface area contributed by atoms with Crippen LogP contribution >= 0.6 is 11.3 Å². The van der Waals surface area contributed by atoms with Gasteiger partial charge in [0.05, 0.1) is 5.69 Å². The molecule has 0 aliphatic carbocycles. The number of fused-ring (bicyclic) bond motifs is 1. The smallest absolute Gasteiger partial charge is 0.187 e. The lowest BCUT2D eigenvalue weighted by Crippen LogP contribution is -1.91. The van der Waals surface area contributed by atoms with Gasteiger partial charge in [-0.15, -0.1) is 11.3 Å². The van der Waals surface area contributed by atoms with E-state index in [1.165, 1.54) is 10.8 Å². The Balaban J connectivity index is 1.99. The maximum absolute atomic E-state index is 4.54. The van der Waals surface area contributed by atoms with Crippen molar-refractivity contribution in [3.63, 3.8) is 0 Å². The minimum atomic E-state index is 0.961. The molecule has 1 heterocycles. The predicted molar refractivity (Wildman–Crippen MR) is 78.7 cm³/mol. The fraction of sp³-hybridized carbons (Fsp3) is 0.133. The van der Waals surface area contributed by atoms with Gasteiger partial charge in [0, 0.05) is 16.5 Å². The summed E-state index contributed by atoms with van der Waals surface area (Å²) >= 11 is 1.66. The Morgan fingerprint density at radius 2 is 1.94 bits per heavy atom. The molecule has 1 aromatic heterocycles. The van der Waals surface area contributed by atoms with Crippen molar-refractivity contribution < 1.29 is 0 Å². The van der Waals surface area contributed by atoms with E-state index in [2.05, 4.69) is 65.1 Å². The molecular weight excluding hydrogens is 240 g/mol. The van der Waals surface area contributed by atoms with E-state index >= 15 is 0 Å². The molecule has 0 atom stereocenters. The molecule has 2 nitrogen and oxygen atoms in total. The van der Waals surface area contributed by atoms with Gasteiger partial charge < -0.3 is 5.32 Å². The molecule has 0 amide bonds. The topological polar surface area (TPSA) is 24.9 Å². The number of hydrogen-bond acceptors (Lipinski definition) is 3. The van der Waals surface area contributed by atoms with Gasteiger partial charge in [-0.2, -0.15) is 0 Å². The van der Waals surface area contributed by atoms with Gasteiger partial charge >= 0.3 is 0 Å². The second kappa shape index (κ2) is 4.78. The van der Waals surface area contributed by atoms with E-state index in [9.17, 15) is 0 Å². The highest BCUT2D eigenvalue weighted by atomic mass is 32.1. The molecule has 0 saturated carbocycles. The third-order valence-electron chi connectivity index (χ3n) is 2.95. The van der Waals surface area contributed by atoms with Gasteiger partial charge in [-0.25, -0.2) is 4.98 Å². The number of nitrogens with zero attached hydrogens (tertiary/aromatic N) is 1. The molecule has 0 aliphatic rings. The zero-order valence-corrected chi connectivity index (χ0v) is 11.0. The monoisotopic (exact) mass is 254 g/mol. The summed E-state index contributed by atoms with van der Waals surface area (Å²) in [6.07, 6.45) is 0.980. The Hall–Kier alpha value is -1.87. The van der Waals surface area contributed by atoms with E-state index < -0.39 is 0 Å². The molecule has 0 bridgehead atoms. The first-order valence-corrected chi connectivity index (χ1v) is 6.94. The molecule has 3 aromatic rings. The van der Waals surface area contributed by atoms with Crippen LogP contribution in [0.5, 0.6) is 0 Å². The summed E-state index contributed by atoms with van der Waals surface area (Å²) < 4.78 is 0. The fourth-order valence-corrected chi connectivity index (χ4v) is 2.78. The van der Waals surface area contributed by atoms with Gasteiger partial charge in [-0.3, -0.25) is 0 Å². The average molecular weight is 254 g/mol. The molecule has 90 valence electrons. The van der Waals surface area contributed by atoms with Crippen LogP contribution in [-0.2, 0) is 6.42 Å². The van der Waals surface area contributed by atoms with E-state index in [0.717, 1.165) is 22.9 Å². The van der Waals surface area contributed by atoms with Gasteiger partial charge in [0.2, 0.25) is 0 Å². The number of aromatic nitrogens is 1. The highest BCUT2D eigenvalue weighted by Gasteiger charge is 2.03. The zero-order chi connectivity index (χ0) is 12.4. The molecule has 0 radical (unpaired) electrons. The van der Waals surface area contributed by atoms with E-state index in [1.807, 2.05) is 0 Å². The first kappa shape index (κ1) is 11.2. The van der Waals surface area contributed by atoms with Gasteiger partial charge in [0.25, 0.3) is 0 Å². The van der Waals surface area contributed by atoms with Gasteiger partial charge in [0.15, 0.2) is 5.13 Å². The van der Waals surface area contributed by atoms with E-state index in [-0.39, 0.29) is 0 Å². The summed E-state index contributed by atoms with van der Waals surface area (Å²) in [6.45, 7) is 2.12. The summed E-state index contributed by atoms with van der Waals surface area (Å²) in [6, 6.07) is 14.7. The van der Waals surface area contributed by atoms with Crippen LogP contribution in [0.4, 0.5) is 10.8 Å². The number of nitrogens with one attached hydrogen (secondary N) is 1. The Bertz CT molecular complexity index is 668. The Morgan fingerprint density at radius 1 is 1.11 bits per heavy atom. The Kier molecular flexibility index (Phi) is 2.99. The van der Waals surface area contributed by atoms with E-state index in [4.69, 9.17) is 0 Å². The number of rotatable bonds is 3. The van der Waals surface area contributed by atoms with E-state index in [1.54, 1.807) is 11.3 Å². The quantitative estimate of drug-likeness (QED) is 0.738. The van der Waals surface area contributed by atoms with Crippen molar-refractivity contribution in [2.45, 2.75) is 13.3 Å². The number of thiazole rings is 1. The number of hydrogen-bond donors (Lipinski definition) is 1. The molecule has 3 heteroatoms. The second-order valence-corrected chi connectivity index (χ2v) is 5.01. The lowest BCUT2D eigenvalue weighted by Gasteiger charge is -2.06. The molecule has 18 heavy (non-hydrogen) atoms. The van der Waals surface area contributed by atoms with Crippen molar-refractivity contribution in [1.82, 2.24) is 4.98 Å². The molecule has 0 aliphatic heterocycles. The van der Waals surface area contributed by atoms with Crippen LogP contribution in [-0.4, -0.2) is 4.98 Å². The van der Waals surface area contributed by atoms with Crippen molar-refractivity contribution >= 4 is 32.9 Å². The second-order valence-electron chi connectivity index (χ2n) is 4.15. The number of anilines is 2. The average Bonchev–Trinajstić information content (AvgIpc) is 2.87. The summed E-state index contributed by atoms with van der Waals surface area (Å²) in [4.78, 5) is 4.54. The molecule has 0 unspecified atom stereocenters. The lowest BCUT2D eigenvalue weighted by atomic mass is 10.1. The third-order valence-corrected chi connectivity index (χ3v) is 3.75. The van der Waals surface area contributed by atoms with Gasteiger partial charge in [-0.1, -0.05) is 43.3 Å². The standard InChI is InChI=1S/C15H14N2S/c1-2-12-10-18-15(16-12)17-14-9-5-7-11-6-3-4-8-13(11)14/h3-10H,2H2,1H3,(H,16,17). The van der Waals surface area contributed by atoms with E-state index in [0.29, 0.717) is 0 Å². The largest absolute Gasteiger partial charge is 0.331 e. The molecule has 2 aromatic carbocycles. The predicted octanol–water partition coefficient (Wildman–Crippen LogP) is 4.60. The van der Waals surface area contributed by atoms with Gasteiger partial charge in [-0.05, 0) is 17.9 Å². The van der Waals surface area contributed by atoms with Gasteiger partial charge in [0.1, 0.15) is 0 Å². The summed E-state index contributed by atoms with van der Waals surface area (Å²) in [5, 5.41) is 8.95. The van der Waals surface area contributed by atoms with Crippen molar-refractivity contribution in [2.24, 2.45) is 0 Å². The maximum atomic E-state index is 4.54. The molecule has 0 saturated heterocycles. The molecule has 0 fully saturated rings.